The van der Waals surface area contributed by atoms with Crippen LogP contribution in [0.4, 0.5) is 0 Å². The number of nitrogens with zero attached hydrogens (tertiary/aromatic N) is 4. The summed E-state index contributed by atoms with van der Waals surface area (Å²) < 4.78 is 0. The van der Waals surface area contributed by atoms with E-state index in [2.05, 4.69) is 20.3 Å². The molecule has 2 atom stereocenters. The number of nitrogens with one attached hydrogen (secondary N) is 1. The number of carbonyl (C=O) groups is 2. The number of halogens is 2. The van der Waals surface area contributed by atoms with Crippen LogP contribution < -0.4 is 5.32 Å². The van der Waals surface area contributed by atoms with Gasteiger partial charge in [0.2, 0.25) is 0 Å². The Hall–Kier alpha value is -3.55. The molecule has 1 saturated heterocycles. The second-order valence-corrected chi connectivity index (χ2v) is 9.18. The van der Waals surface area contributed by atoms with E-state index in [1.54, 1.807) is 41.6 Å². The lowest BCUT2D eigenvalue weighted by Gasteiger charge is -2.39. The third-order valence-electron chi connectivity index (χ3n) is 6.21. The fourth-order valence-corrected chi connectivity index (χ4v) is 4.82. The third kappa shape index (κ3) is 4.97. The van der Waals surface area contributed by atoms with Crippen molar-refractivity contribution in [2.24, 2.45) is 0 Å². The number of amides is 2. The van der Waals surface area contributed by atoms with Gasteiger partial charge in [-0.2, -0.15) is 0 Å². The van der Waals surface area contributed by atoms with Crippen LogP contribution in [0.1, 0.15) is 38.6 Å². The summed E-state index contributed by atoms with van der Waals surface area (Å²) in [7, 11) is 0. The van der Waals surface area contributed by atoms with Crippen molar-refractivity contribution in [3.8, 4) is 0 Å². The lowest BCUT2D eigenvalue weighted by Crippen LogP contribution is -2.51. The second kappa shape index (κ2) is 9.98. The zero-order valence-electron chi connectivity index (χ0n) is 18.6. The number of benzene rings is 2. The Kier molecular flexibility index (Phi) is 6.61. The van der Waals surface area contributed by atoms with Crippen molar-refractivity contribution in [1.29, 1.82) is 0 Å². The molecule has 3 heterocycles. The number of pyridine rings is 1. The molecule has 1 aliphatic rings. The molecule has 176 valence electrons. The number of likely N-dealkylation sites (tertiary alicyclic amines) is 1. The minimum absolute atomic E-state index is 0.0890. The Labute approximate surface area is 212 Å². The van der Waals surface area contributed by atoms with Crippen LogP contribution in [-0.4, -0.2) is 50.8 Å². The predicted octanol–water partition coefficient (Wildman–Crippen LogP) is 4.76. The topological polar surface area (TPSA) is 88.1 Å². The van der Waals surface area contributed by atoms with Crippen molar-refractivity contribution in [1.82, 2.24) is 25.2 Å². The van der Waals surface area contributed by atoms with Gasteiger partial charge < -0.3 is 10.2 Å². The molecule has 2 amide bonds. The number of piperidine rings is 1. The molecular weight excluding hydrogens is 485 g/mol. The molecule has 4 aromatic rings. The highest BCUT2D eigenvalue weighted by atomic mass is 35.5. The molecule has 7 nitrogen and oxygen atoms in total. The van der Waals surface area contributed by atoms with Gasteiger partial charge in [-0.1, -0.05) is 53.5 Å². The van der Waals surface area contributed by atoms with Gasteiger partial charge in [-0.05, 0) is 36.2 Å². The van der Waals surface area contributed by atoms with Crippen molar-refractivity contribution in [3.05, 3.63) is 100 Å². The quantitative estimate of drug-likeness (QED) is 0.404. The van der Waals surface area contributed by atoms with Crippen molar-refractivity contribution >= 4 is 46.0 Å². The van der Waals surface area contributed by atoms with Crippen LogP contribution in [0.15, 0.2) is 73.2 Å². The first kappa shape index (κ1) is 23.2. The van der Waals surface area contributed by atoms with Crippen molar-refractivity contribution in [2.75, 3.05) is 13.1 Å². The maximum atomic E-state index is 13.5. The second-order valence-electron chi connectivity index (χ2n) is 8.39. The first-order chi connectivity index (χ1) is 17.0. The maximum Gasteiger partial charge on any atom is 0.254 e. The molecule has 0 unspecified atom stereocenters. The summed E-state index contributed by atoms with van der Waals surface area (Å²) in [6.45, 7) is 0.935. The minimum Gasteiger partial charge on any atom is -0.349 e. The fourth-order valence-electron chi connectivity index (χ4n) is 4.45. The molecule has 1 aliphatic heterocycles. The zero-order valence-corrected chi connectivity index (χ0v) is 20.1. The SMILES string of the molecule is O=C(N[C@@H]1CCN(C(=O)c2cc(Cl)c3nccnc3c2)C[C@@H]1c1ccccc1)c1ccc(Cl)nc1. The summed E-state index contributed by atoms with van der Waals surface area (Å²) in [6, 6.07) is 16.3. The highest BCUT2D eigenvalue weighted by molar-refractivity contribution is 6.35. The average molecular weight is 506 g/mol. The lowest BCUT2D eigenvalue weighted by molar-refractivity contribution is 0.0671. The van der Waals surface area contributed by atoms with Crippen LogP contribution >= 0.6 is 23.2 Å². The first-order valence-electron chi connectivity index (χ1n) is 11.2. The van der Waals surface area contributed by atoms with Gasteiger partial charge in [0.1, 0.15) is 10.7 Å². The normalized spacial score (nSPS) is 17.8. The molecule has 0 saturated carbocycles. The number of rotatable bonds is 4. The van der Waals surface area contributed by atoms with E-state index >= 15 is 0 Å². The van der Waals surface area contributed by atoms with Gasteiger partial charge >= 0.3 is 0 Å². The maximum absolute atomic E-state index is 13.5. The number of hydrogen-bond acceptors (Lipinski definition) is 5. The van der Waals surface area contributed by atoms with Gasteiger partial charge in [0.15, 0.2) is 0 Å². The van der Waals surface area contributed by atoms with Crippen LogP contribution in [0.2, 0.25) is 10.2 Å². The molecule has 0 aliphatic carbocycles. The number of hydrogen-bond donors (Lipinski definition) is 1. The van der Waals surface area contributed by atoms with Crippen molar-refractivity contribution in [3.63, 3.8) is 0 Å². The molecule has 2 aromatic carbocycles. The van der Waals surface area contributed by atoms with Crippen LogP contribution in [0.3, 0.4) is 0 Å². The van der Waals surface area contributed by atoms with E-state index in [4.69, 9.17) is 23.2 Å². The number of carbonyl (C=O) groups excluding carboxylic acids is 2. The Morgan fingerprint density at radius 3 is 2.51 bits per heavy atom. The van der Waals surface area contributed by atoms with Crippen LogP contribution in [0.5, 0.6) is 0 Å². The van der Waals surface area contributed by atoms with E-state index in [1.807, 2.05) is 30.3 Å². The van der Waals surface area contributed by atoms with Gasteiger partial charge in [-0.15, -0.1) is 0 Å². The van der Waals surface area contributed by atoms with E-state index in [0.29, 0.717) is 51.8 Å². The number of aromatic nitrogens is 3. The molecule has 9 heteroatoms. The molecule has 5 rings (SSSR count). The van der Waals surface area contributed by atoms with Gasteiger partial charge in [-0.3, -0.25) is 19.6 Å². The highest BCUT2D eigenvalue weighted by Crippen LogP contribution is 2.30. The van der Waals surface area contributed by atoms with Crippen LogP contribution in [0.25, 0.3) is 11.0 Å². The molecule has 1 fully saturated rings. The smallest absolute Gasteiger partial charge is 0.254 e. The summed E-state index contributed by atoms with van der Waals surface area (Å²) in [5.74, 6) is -0.444. The summed E-state index contributed by atoms with van der Waals surface area (Å²) in [4.78, 5) is 40.7. The lowest BCUT2D eigenvalue weighted by atomic mass is 9.85. The standard InChI is InChI=1S/C26H21Cl2N5O2/c27-20-12-18(13-22-24(20)30-10-9-29-22)26(35)33-11-8-21(19(15-33)16-4-2-1-3-5-16)32-25(34)17-6-7-23(28)31-14-17/h1-7,9-10,12-14,19,21H,8,11,15H2,(H,32,34)/t19-,21-/m1/s1. The van der Waals surface area contributed by atoms with E-state index in [9.17, 15) is 9.59 Å². The van der Waals surface area contributed by atoms with E-state index in [-0.39, 0.29) is 23.8 Å². The summed E-state index contributed by atoms with van der Waals surface area (Å²) in [5, 5.41) is 3.85. The molecule has 2 aromatic heterocycles. The Balaban J connectivity index is 1.39. The monoisotopic (exact) mass is 505 g/mol. The highest BCUT2D eigenvalue weighted by Gasteiger charge is 2.34. The zero-order chi connectivity index (χ0) is 24.4. The molecular formula is C26H21Cl2N5O2. The molecule has 0 spiro atoms. The fraction of sp³-hybridized carbons (Fsp3) is 0.192. The predicted molar refractivity (Wildman–Crippen MR) is 135 cm³/mol. The minimum atomic E-state index is -0.222. The van der Waals surface area contributed by atoms with Gasteiger partial charge in [0.05, 0.1) is 16.1 Å². The Bertz CT molecular complexity index is 1380. The summed E-state index contributed by atoms with van der Waals surface area (Å²) in [5.41, 5.74) is 3.08. The first-order valence-corrected chi connectivity index (χ1v) is 11.9. The summed E-state index contributed by atoms with van der Waals surface area (Å²) >= 11 is 12.2. The summed E-state index contributed by atoms with van der Waals surface area (Å²) in [6.07, 6.45) is 5.20. The van der Waals surface area contributed by atoms with Crippen molar-refractivity contribution < 1.29 is 9.59 Å². The van der Waals surface area contributed by atoms with E-state index in [1.165, 1.54) is 6.20 Å². The molecule has 0 bridgehead atoms. The van der Waals surface area contributed by atoms with Gasteiger partial charge in [0, 0.05) is 49.2 Å². The van der Waals surface area contributed by atoms with E-state index < -0.39 is 0 Å². The number of fused-ring (bicyclic) bond motifs is 1. The van der Waals surface area contributed by atoms with Crippen LogP contribution in [0, 0.1) is 0 Å². The van der Waals surface area contributed by atoms with Crippen LogP contribution in [-0.2, 0) is 0 Å². The Morgan fingerprint density at radius 1 is 0.943 bits per heavy atom. The molecule has 0 radical (unpaired) electrons. The molecule has 35 heavy (non-hydrogen) atoms. The van der Waals surface area contributed by atoms with Crippen molar-refractivity contribution in [2.45, 2.75) is 18.4 Å². The Morgan fingerprint density at radius 2 is 1.74 bits per heavy atom. The third-order valence-corrected chi connectivity index (χ3v) is 6.72. The van der Waals surface area contributed by atoms with E-state index in [0.717, 1.165) is 5.56 Å². The average Bonchev–Trinajstić information content (AvgIpc) is 2.89. The molecule has 1 N–H and O–H groups in total. The van der Waals surface area contributed by atoms with Gasteiger partial charge in [0.25, 0.3) is 11.8 Å². The van der Waals surface area contributed by atoms with Gasteiger partial charge in [-0.25, -0.2) is 4.98 Å². The largest absolute Gasteiger partial charge is 0.349 e.